The van der Waals surface area contributed by atoms with E-state index in [4.69, 9.17) is 0 Å². The van der Waals surface area contributed by atoms with Crippen LogP contribution >= 0.6 is 0 Å². The first-order valence-corrected chi connectivity index (χ1v) is 10.6. The molecule has 4 aromatic rings. The number of aryl methyl sites for hydroxylation is 1. The van der Waals surface area contributed by atoms with Crippen LogP contribution in [0.4, 0.5) is 10.5 Å². The Morgan fingerprint density at radius 1 is 0.818 bits per heavy atom. The number of nitrogens with one attached hydrogen (secondary N) is 1. The summed E-state index contributed by atoms with van der Waals surface area (Å²) in [6.07, 6.45) is 3.40. The monoisotopic (exact) mass is 435 g/mol. The zero-order chi connectivity index (χ0) is 23.1. The van der Waals surface area contributed by atoms with Crippen molar-refractivity contribution >= 4 is 40.4 Å². The highest BCUT2D eigenvalue weighted by molar-refractivity contribution is 6.39. The fourth-order valence-electron chi connectivity index (χ4n) is 4.08. The summed E-state index contributed by atoms with van der Waals surface area (Å²) in [7, 11) is 0. The van der Waals surface area contributed by atoms with Crippen molar-refractivity contribution < 1.29 is 14.4 Å². The molecule has 162 valence electrons. The molecule has 1 aliphatic rings. The van der Waals surface area contributed by atoms with E-state index in [9.17, 15) is 14.4 Å². The van der Waals surface area contributed by atoms with Gasteiger partial charge in [0.15, 0.2) is 0 Å². The number of imide groups is 2. The number of hydrogen-bond donors (Lipinski definition) is 1. The van der Waals surface area contributed by atoms with Gasteiger partial charge >= 0.3 is 6.03 Å². The molecule has 6 nitrogen and oxygen atoms in total. The number of amides is 4. The number of nitrogens with zero attached hydrogens (tertiary/aromatic N) is 2. The Balaban J connectivity index is 1.57. The van der Waals surface area contributed by atoms with Crippen LogP contribution in [0, 0.1) is 13.8 Å². The lowest BCUT2D eigenvalue weighted by atomic mass is 10.0. The number of carbonyl (C=O) groups is 3. The molecule has 0 aliphatic carbocycles. The van der Waals surface area contributed by atoms with Gasteiger partial charge in [0.05, 0.1) is 5.69 Å². The van der Waals surface area contributed by atoms with Crippen LogP contribution in [-0.2, 0) is 9.59 Å². The topological polar surface area (TPSA) is 71.4 Å². The summed E-state index contributed by atoms with van der Waals surface area (Å²) in [5, 5.41) is 4.51. The van der Waals surface area contributed by atoms with Crippen molar-refractivity contribution in [3.8, 4) is 5.69 Å². The maximum atomic E-state index is 13.3. The Kier molecular flexibility index (Phi) is 4.90. The van der Waals surface area contributed by atoms with E-state index in [0.29, 0.717) is 11.4 Å². The number of urea groups is 1. The minimum atomic E-state index is -0.749. The summed E-state index contributed by atoms with van der Waals surface area (Å²) in [6, 6.07) is 22.4. The molecule has 5 rings (SSSR count). The second-order valence-corrected chi connectivity index (χ2v) is 8.01. The lowest BCUT2D eigenvalue weighted by Gasteiger charge is -2.28. The zero-order valence-corrected chi connectivity index (χ0v) is 18.2. The number of rotatable bonds is 3. The first-order valence-electron chi connectivity index (χ1n) is 10.6. The van der Waals surface area contributed by atoms with Gasteiger partial charge in [-0.2, -0.15) is 0 Å². The zero-order valence-electron chi connectivity index (χ0n) is 18.2. The van der Waals surface area contributed by atoms with Gasteiger partial charge in [0.2, 0.25) is 0 Å². The molecule has 6 heteroatoms. The summed E-state index contributed by atoms with van der Waals surface area (Å²) in [4.78, 5) is 39.6. The van der Waals surface area contributed by atoms with Crippen LogP contribution in [0.2, 0.25) is 0 Å². The molecule has 1 saturated heterocycles. The van der Waals surface area contributed by atoms with Gasteiger partial charge in [0, 0.05) is 17.6 Å². The molecule has 0 unspecified atom stereocenters. The maximum absolute atomic E-state index is 13.3. The predicted molar refractivity (Wildman–Crippen MR) is 128 cm³/mol. The number of carbonyl (C=O) groups excluding carboxylic acids is 3. The van der Waals surface area contributed by atoms with E-state index >= 15 is 0 Å². The Morgan fingerprint density at radius 2 is 1.61 bits per heavy atom. The number of barbiturate groups is 1. The lowest BCUT2D eigenvalue weighted by Crippen LogP contribution is -2.54. The summed E-state index contributed by atoms with van der Waals surface area (Å²) in [5.74, 6) is -1.36. The Hall–Kier alpha value is -4.45. The van der Waals surface area contributed by atoms with Crippen molar-refractivity contribution in [2.75, 3.05) is 4.90 Å². The standard InChI is InChI=1S/C27H21N3O3/c1-17-7-5-11-24(18(17)2)30-26(32)23(25(31)28-27(30)33)16-21-10-6-14-29(21)22-13-12-19-8-3-4-9-20(19)15-22/h3-16H,1-2H3,(H,28,31,33)/b23-16+. The van der Waals surface area contributed by atoms with Gasteiger partial charge in [0.25, 0.3) is 11.8 Å². The molecule has 2 heterocycles. The predicted octanol–water partition coefficient (Wildman–Crippen LogP) is 4.91. The molecule has 1 fully saturated rings. The van der Waals surface area contributed by atoms with Crippen molar-refractivity contribution in [1.82, 2.24) is 9.88 Å². The van der Waals surface area contributed by atoms with Crippen LogP contribution in [0.1, 0.15) is 16.8 Å². The van der Waals surface area contributed by atoms with Gasteiger partial charge in [-0.3, -0.25) is 14.9 Å². The highest BCUT2D eigenvalue weighted by Crippen LogP contribution is 2.28. The lowest BCUT2D eigenvalue weighted by molar-refractivity contribution is -0.122. The summed E-state index contributed by atoms with van der Waals surface area (Å²) in [6.45, 7) is 3.75. The van der Waals surface area contributed by atoms with Gasteiger partial charge in [-0.1, -0.05) is 42.5 Å². The highest BCUT2D eigenvalue weighted by atomic mass is 16.2. The molecule has 33 heavy (non-hydrogen) atoms. The fraction of sp³-hybridized carbons (Fsp3) is 0.0741. The summed E-state index contributed by atoms with van der Waals surface area (Å²) in [5.41, 5.74) is 3.66. The third-order valence-corrected chi connectivity index (χ3v) is 6.00. The van der Waals surface area contributed by atoms with Gasteiger partial charge in [-0.15, -0.1) is 0 Å². The molecule has 4 amide bonds. The average molecular weight is 435 g/mol. The SMILES string of the molecule is Cc1cccc(N2C(=O)NC(=O)/C(=C\c3cccn3-c3ccc4ccccc4c3)C2=O)c1C. The van der Waals surface area contributed by atoms with Gasteiger partial charge in [-0.25, -0.2) is 9.69 Å². The summed E-state index contributed by atoms with van der Waals surface area (Å²) >= 11 is 0. The number of benzene rings is 3. The van der Waals surface area contributed by atoms with Crippen LogP contribution in [0.3, 0.4) is 0 Å². The molecular weight excluding hydrogens is 414 g/mol. The van der Waals surface area contributed by atoms with Crippen LogP contribution in [-0.4, -0.2) is 22.4 Å². The number of fused-ring (bicyclic) bond motifs is 1. The fourth-order valence-corrected chi connectivity index (χ4v) is 4.08. The van der Waals surface area contributed by atoms with Gasteiger partial charge in [-0.05, 0) is 72.2 Å². The Labute approximate surface area is 190 Å². The van der Waals surface area contributed by atoms with Crippen molar-refractivity contribution in [3.63, 3.8) is 0 Å². The minimum Gasteiger partial charge on any atom is -0.317 e. The number of hydrogen-bond acceptors (Lipinski definition) is 3. The first-order chi connectivity index (χ1) is 15.9. The van der Waals surface area contributed by atoms with E-state index in [0.717, 1.165) is 32.5 Å². The number of anilines is 1. The second kappa shape index (κ2) is 7.91. The van der Waals surface area contributed by atoms with Crippen LogP contribution < -0.4 is 10.2 Å². The summed E-state index contributed by atoms with van der Waals surface area (Å²) < 4.78 is 1.90. The van der Waals surface area contributed by atoms with Gasteiger partial charge in [0.1, 0.15) is 5.57 Å². The quantitative estimate of drug-likeness (QED) is 0.367. The molecule has 1 aliphatic heterocycles. The van der Waals surface area contributed by atoms with Crippen LogP contribution in [0.25, 0.3) is 22.5 Å². The molecule has 0 atom stereocenters. The molecule has 0 radical (unpaired) electrons. The van der Waals surface area contributed by atoms with E-state index in [1.807, 2.05) is 85.3 Å². The Bertz CT molecular complexity index is 1480. The molecule has 0 saturated carbocycles. The molecular formula is C27H21N3O3. The minimum absolute atomic E-state index is 0.101. The van der Waals surface area contributed by atoms with E-state index in [1.54, 1.807) is 12.1 Å². The van der Waals surface area contributed by atoms with Crippen LogP contribution in [0.5, 0.6) is 0 Å². The van der Waals surface area contributed by atoms with Crippen molar-refractivity contribution in [1.29, 1.82) is 0 Å². The van der Waals surface area contributed by atoms with Crippen molar-refractivity contribution in [3.05, 3.63) is 101 Å². The number of aromatic nitrogens is 1. The highest BCUT2D eigenvalue weighted by Gasteiger charge is 2.37. The smallest absolute Gasteiger partial charge is 0.317 e. The second-order valence-electron chi connectivity index (χ2n) is 8.01. The maximum Gasteiger partial charge on any atom is 0.335 e. The average Bonchev–Trinajstić information content (AvgIpc) is 3.27. The third-order valence-electron chi connectivity index (χ3n) is 6.00. The van der Waals surface area contributed by atoms with Gasteiger partial charge < -0.3 is 4.57 Å². The first kappa shape index (κ1) is 20.5. The molecule has 3 aromatic carbocycles. The molecule has 0 spiro atoms. The largest absolute Gasteiger partial charge is 0.335 e. The van der Waals surface area contributed by atoms with E-state index in [2.05, 4.69) is 5.32 Å². The third kappa shape index (κ3) is 3.51. The Morgan fingerprint density at radius 3 is 2.42 bits per heavy atom. The molecule has 0 bridgehead atoms. The normalized spacial score (nSPS) is 15.4. The van der Waals surface area contributed by atoms with Crippen LogP contribution in [0.15, 0.2) is 84.6 Å². The van der Waals surface area contributed by atoms with E-state index < -0.39 is 17.8 Å². The van der Waals surface area contributed by atoms with Crippen molar-refractivity contribution in [2.24, 2.45) is 0 Å². The van der Waals surface area contributed by atoms with Crippen molar-refractivity contribution in [2.45, 2.75) is 13.8 Å². The molecule has 1 aromatic heterocycles. The van der Waals surface area contributed by atoms with E-state index in [1.165, 1.54) is 6.08 Å². The molecule has 1 N–H and O–H groups in total. The van der Waals surface area contributed by atoms with E-state index in [-0.39, 0.29) is 5.57 Å².